The molecule has 0 spiro atoms. The van der Waals surface area contributed by atoms with Crippen LogP contribution in [0.3, 0.4) is 0 Å². The van der Waals surface area contributed by atoms with Crippen LogP contribution in [0.1, 0.15) is 36.8 Å². The number of nitrogens with one attached hydrogen (secondary N) is 1. The molecule has 0 aliphatic heterocycles. The molecule has 1 aromatic heterocycles. The van der Waals surface area contributed by atoms with Gasteiger partial charge in [0.1, 0.15) is 0 Å². The Morgan fingerprint density at radius 2 is 2.00 bits per heavy atom. The minimum Gasteiger partial charge on any atom is -0.352 e. The Bertz CT molecular complexity index is 617. The minimum atomic E-state index is -0.0687. The second-order valence-corrected chi connectivity index (χ2v) is 5.79. The van der Waals surface area contributed by atoms with Crippen molar-refractivity contribution in [3.05, 3.63) is 46.7 Å². The van der Waals surface area contributed by atoms with Gasteiger partial charge in [0.2, 0.25) is 0 Å². The summed E-state index contributed by atoms with van der Waals surface area (Å²) in [6.07, 6.45) is 2.36. The van der Waals surface area contributed by atoms with E-state index in [0.717, 1.165) is 17.8 Å². The van der Waals surface area contributed by atoms with E-state index in [2.05, 4.69) is 24.3 Å². The predicted molar refractivity (Wildman–Crippen MR) is 85.1 cm³/mol. The van der Waals surface area contributed by atoms with Crippen LogP contribution < -0.4 is 5.32 Å². The average Bonchev–Trinajstić information content (AvgIpc) is 2.89. The fourth-order valence-corrected chi connectivity index (χ4v) is 2.23. The number of rotatable bonds is 5. The molecule has 2 rings (SSSR count). The molecule has 1 heterocycles. The van der Waals surface area contributed by atoms with E-state index in [9.17, 15) is 4.79 Å². The van der Waals surface area contributed by atoms with E-state index in [4.69, 9.17) is 11.6 Å². The lowest BCUT2D eigenvalue weighted by atomic mass is 10.1. The maximum Gasteiger partial charge on any atom is 0.254 e. The van der Waals surface area contributed by atoms with Crippen LogP contribution in [0.5, 0.6) is 0 Å². The summed E-state index contributed by atoms with van der Waals surface area (Å²) < 4.78 is 1.79. The van der Waals surface area contributed by atoms with Gasteiger partial charge in [-0.1, -0.05) is 32.4 Å². The van der Waals surface area contributed by atoms with Gasteiger partial charge in [0.05, 0.1) is 23.1 Å². The summed E-state index contributed by atoms with van der Waals surface area (Å²) in [5.41, 5.74) is 2.44. The summed E-state index contributed by atoms with van der Waals surface area (Å²) in [7, 11) is 0. The summed E-state index contributed by atoms with van der Waals surface area (Å²) in [6.45, 7) is 6.81. The minimum absolute atomic E-state index is 0.0687. The first kappa shape index (κ1) is 15.6. The summed E-state index contributed by atoms with van der Waals surface area (Å²) in [6, 6.07) is 7.42. The molecule has 0 aliphatic carbocycles. The largest absolute Gasteiger partial charge is 0.352 e. The maximum atomic E-state index is 12.2. The highest BCUT2D eigenvalue weighted by Gasteiger charge is 2.17. The van der Waals surface area contributed by atoms with Crippen LogP contribution in [0.25, 0.3) is 5.69 Å². The molecule has 0 unspecified atom stereocenters. The Balaban J connectivity index is 2.29. The molecule has 0 aliphatic rings. The maximum absolute atomic E-state index is 12.2. The predicted octanol–water partition coefficient (Wildman–Crippen LogP) is 3.47. The third-order valence-electron chi connectivity index (χ3n) is 3.19. The lowest BCUT2D eigenvalue weighted by molar-refractivity contribution is 0.0948. The molecular formula is C16H20ClN3O. The van der Waals surface area contributed by atoms with Crippen LogP contribution in [0.2, 0.25) is 5.02 Å². The molecule has 21 heavy (non-hydrogen) atoms. The van der Waals surface area contributed by atoms with E-state index in [-0.39, 0.29) is 5.91 Å². The van der Waals surface area contributed by atoms with Gasteiger partial charge in [-0.05, 0) is 36.6 Å². The molecule has 0 saturated heterocycles. The van der Waals surface area contributed by atoms with E-state index in [1.807, 2.05) is 31.2 Å². The number of aromatic nitrogens is 2. The van der Waals surface area contributed by atoms with Gasteiger partial charge in [0, 0.05) is 11.6 Å². The number of amides is 1. The van der Waals surface area contributed by atoms with Crippen LogP contribution in [0.15, 0.2) is 30.5 Å². The zero-order valence-corrected chi connectivity index (χ0v) is 13.3. The van der Waals surface area contributed by atoms with Gasteiger partial charge in [0.15, 0.2) is 0 Å². The van der Waals surface area contributed by atoms with E-state index >= 15 is 0 Å². The molecule has 0 fully saturated rings. The molecule has 112 valence electrons. The topological polar surface area (TPSA) is 46.9 Å². The summed E-state index contributed by atoms with van der Waals surface area (Å²) in [4.78, 5) is 12.2. The Morgan fingerprint density at radius 1 is 1.33 bits per heavy atom. The number of carbonyl (C=O) groups excluding carboxylic acids is 1. The molecular weight excluding hydrogens is 286 g/mol. The first-order valence-corrected chi connectivity index (χ1v) is 7.51. The van der Waals surface area contributed by atoms with E-state index in [1.54, 1.807) is 10.9 Å². The van der Waals surface area contributed by atoms with Gasteiger partial charge in [-0.25, -0.2) is 4.68 Å². The second-order valence-electron chi connectivity index (χ2n) is 5.35. The van der Waals surface area contributed by atoms with Crippen LogP contribution >= 0.6 is 11.6 Å². The number of nitrogens with zero attached hydrogens (tertiary/aromatic N) is 2. The Hall–Kier alpha value is -1.81. The molecule has 1 N–H and O–H groups in total. The number of carbonyl (C=O) groups is 1. The fourth-order valence-electron chi connectivity index (χ4n) is 2.10. The standard InChI is InChI=1S/C16H20ClN3O/c1-4-15-14(16(21)18-9-11(2)3)10-19-20(15)13-7-5-12(17)6-8-13/h5-8,10-11H,4,9H2,1-3H3,(H,18,21). The van der Waals surface area contributed by atoms with Crippen molar-refractivity contribution < 1.29 is 4.79 Å². The summed E-state index contributed by atoms with van der Waals surface area (Å²) >= 11 is 5.91. The number of benzene rings is 1. The van der Waals surface area contributed by atoms with Gasteiger partial charge < -0.3 is 5.32 Å². The summed E-state index contributed by atoms with van der Waals surface area (Å²) in [5.74, 6) is 0.353. The molecule has 1 amide bonds. The van der Waals surface area contributed by atoms with E-state index in [0.29, 0.717) is 23.0 Å². The van der Waals surface area contributed by atoms with Gasteiger partial charge in [-0.2, -0.15) is 5.10 Å². The average molecular weight is 306 g/mol. The first-order valence-electron chi connectivity index (χ1n) is 7.14. The van der Waals surface area contributed by atoms with Crippen LogP contribution in [-0.4, -0.2) is 22.2 Å². The number of hydrogen-bond donors (Lipinski definition) is 1. The molecule has 2 aromatic rings. The van der Waals surface area contributed by atoms with Crippen molar-refractivity contribution in [1.82, 2.24) is 15.1 Å². The van der Waals surface area contributed by atoms with Crippen LogP contribution in [0.4, 0.5) is 0 Å². The quantitative estimate of drug-likeness (QED) is 0.919. The first-order chi connectivity index (χ1) is 10.0. The van der Waals surface area contributed by atoms with Crippen molar-refractivity contribution in [1.29, 1.82) is 0 Å². The zero-order valence-electron chi connectivity index (χ0n) is 12.6. The van der Waals surface area contributed by atoms with Crippen molar-refractivity contribution in [2.45, 2.75) is 27.2 Å². The molecule has 0 saturated carbocycles. The molecule has 4 nitrogen and oxygen atoms in total. The van der Waals surface area contributed by atoms with Crippen molar-refractivity contribution in [3.63, 3.8) is 0 Å². The lowest BCUT2D eigenvalue weighted by Crippen LogP contribution is -2.28. The van der Waals surface area contributed by atoms with Gasteiger partial charge in [-0.15, -0.1) is 0 Å². The number of halogens is 1. The highest BCUT2D eigenvalue weighted by Crippen LogP contribution is 2.18. The van der Waals surface area contributed by atoms with Crippen molar-refractivity contribution in [2.24, 2.45) is 5.92 Å². The fraction of sp³-hybridized carbons (Fsp3) is 0.375. The van der Waals surface area contributed by atoms with Crippen molar-refractivity contribution >= 4 is 17.5 Å². The third kappa shape index (κ3) is 3.64. The third-order valence-corrected chi connectivity index (χ3v) is 3.44. The van der Waals surface area contributed by atoms with Crippen molar-refractivity contribution in [3.8, 4) is 5.69 Å². The molecule has 0 radical (unpaired) electrons. The molecule has 0 atom stereocenters. The SMILES string of the molecule is CCc1c(C(=O)NCC(C)C)cnn1-c1ccc(Cl)cc1. The molecule has 1 aromatic carbocycles. The monoisotopic (exact) mass is 305 g/mol. The Morgan fingerprint density at radius 3 is 2.57 bits per heavy atom. The highest BCUT2D eigenvalue weighted by molar-refractivity contribution is 6.30. The smallest absolute Gasteiger partial charge is 0.254 e. The zero-order chi connectivity index (χ0) is 15.4. The summed E-state index contributed by atoms with van der Waals surface area (Å²) in [5, 5.41) is 7.96. The van der Waals surface area contributed by atoms with Crippen LogP contribution in [0, 0.1) is 5.92 Å². The normalized spacial score (nSPS) is 10.9. The van der Waals surface area contributed by atoms with Gasteiger partial charge >= 0.3 is 0 Å². The highest BCUT2D eigenvalue weighted by atomic mass is 35.5. The molecule has 5 heteroatoms. The molecule has 0 bridgehead atoms. The van der Waals surface area contributed by atoms with Crippen LogP contribution in [-0.2, 0) is 6.42 Å². The van der Waals surface area contributed by atoms with E-state index in [1.165, 1.54) is 0 Å². The Kier molecular flexibility index (Phi) is 5.02. The van der Waals surface area contributed by atoms with E-state index < -0.39 is 0 Å². The Labute approximate surface area is 130 Å². The second kappa shape index (κ2) is 6.76. The number of hydrogen-bond acceptors (Lipinski definition) is 2. The lowest BCUT2D eigenvalue weighted by Gasteiger charge is -2.09. The van der Waals surface area contributed by atoms with Gasteiger partial charge in [-0.3, -0.25) is 4.79 Å². The van der Waals surface area contributed by atoms with Crippen molar-refractivity contribution in [2.75, 3.05) is 6.54 Å². The van der Waals surface area contributed by atoms with Gasteiger partial charge in [0.25, 0.3) is 5.91 Å².